The highest BCUT2D eigenvalue weighted by atomic mass is 16.1. The number of nitrogens with zero attached hydrogens (tertiary/aromatic N) is 2. The van der Waals surface area contributed by atoms with Gasteiger partial charge in [0.25, 0.3) is 0 Å². The van der Waals surface area contributed by atoms with Crippen molar-refractivity contribution in [1.29, 1.82) is 0 Å². The van der Waals surface area contributed by atoms with Gasteiger partial charge in [0.1, 0.15) is 0 Å². The number of anilines is 2. The van der Waals surface area contributed by atoms with Gasteiger partial charge in [-0.25, -0.2) is 9.97 Å². The fourth-order valence-electron chi connectivity index (χ4n) is 1.56. The molecule has 0 aliphatic rings. The number of nitrogens with one attached hydrogen (secondary N) is 1. The zero-order valence-electron chi connectivity index (χ0n) is 10.3. The molecular formula is C13H14N4O. The number of carbonyl (C=O) groups is 1. The predicted molar refractivity (Wildman–Crippen MR) is 70.9 cm³/mol. The van der Waals surface area contributed by atoms with Crippen molar-refractivity contribution in [1.82, 2.24) is 9.97 Å². The Hall–Kier alpha value is -2.43. The van der Waals surface area contributed by atoms with E-state index in [2.05, 4.69) is 15.3 Å². The molecule has 5 nitrogen and oxygen atoms in total. The molecular weight excluding hydrogens is 228 g/mol. The number of benzene rings is 1. The van der Waals surface area contributed by atoms with Crippen molar-refractivity contribution >= 4 is 17.4 Å². The van der Waals surface area contributed by atoms with Crippen LogP contribution in [-0.4, -0.2) is 15.9 Å². The summed E-state index contributed by atoms with van der Waals surface area (Å²) in [5.74, 6) is 0.328. The normalized spacial score (nSPS) is 10.1. The standard InChI is InChI=1S/C13H14N4O/c1-8-13(17-9(2)18)15-7-12(16-8)10-3-5-11(14)6-4-10/h3-7H,14H2,1-2H3,(H,15,17,18). The van der Waals surface area contributed by atoms with E-state index >= 15 is 0 Å². The molecule has 0 aliphatic carbocycles. The van der Waals surface area contributed by atoms with Crippen LogP contribution < -0.4 is 11.1 Å². The summed E-state index contributed by atoms with van der Waals surface area (Å²) in [5.41, 5.74) is 8.71. The number of rotatable bonds is 2. The Bertz CT molecular complexity index is 578. The molecule has 1 heterocycles. The van der Waals surface area contributed by atoms with Crippen LogP contribution >= 0.6 is 0 Å². The summed E-state index contributed by atoms with van der Waals surface area (Å²) in [6.45, 7) is 3.24. The molecule has 1 aromatic carbocycles. The van der Waals surface area contributed by atoms with Gasteiger partial charge in [0.05, 0.1) is 17.6 Å². The van der Waals surface area contributed by atoms with E-state index in [9.17, 15) is 4.79 Å². The molecule has 0 spiro atoms. The van der Waals surface area contributed by atoms with Crippen LogP contribution in [0.25, 0.3) is 11.3 Å². The van der Waals surface area contributed by atoms with Crippen LogP contribution in [0.2, 0.25) is 0 Å². The first kappa shape index (κ1) is 12.0. The third-order valence-corrected chi connectivity index (χ3v) is 2.45. The van der Waals surface area contributed by atoms with E-state index < -0.39 is 0 Å². The van der Waals surface area contributed by atoms with Gasteiger partial charge < -0.3 is 11.1 Å². The lowest BCUT2D eigenvalue weighted by atomic mass is 10.1. The second-order valence-corrected chi connectivity index (χ2v) is 3.99. The number of amides is 1. The number of hydrogen-bond acceptors (Lipinski definition) is 4. The van der Waals surface area contributed by atoms with Crippen LogP contribution in [0.5, 0.6) is 0 Å². The Morgan fingerprint density at radius 3 is 2.50 bits per heavy atom. The Morgan fingerprint density at radius 2 is 1.94 bits per heavy atom. The van der Waals surface area contributed by atoms with Crippen LogP contribution in [0.3, 0.4) is 0 Å². The Morgan fingerprint density at radius 1 is 1.28 bits per heavy atom. The molecule has 0 saturated heterocycles. The van der Waals surface area contributed by atoms with E-state index in [1.807, 2.05) is 24.3 Å². The molecule has 1 aromatic heterocycles. The van der Waals surface area contributed by atoms with E-state index in [-0.39, 0.29) is 5.91 Å². The molecule has 0 unspecified atom stereocenters. The summed E-state index contributed by atoms with van der Waals surface area (Å²) in [4.78, 5) is 19.6. The monoisotopic (exact) mass is 242 g/mol. The first-order valence-electron chi connectivity index (χ1n) is 5.53. The third kappa shape index (κ3) is 2.63. The minimum absolute atomic E-state index is 0.160. The fourth-order valence-corrected chi connectivity index (χ4v) is 1.56. The summed E-state index contributed by atoms with van der Waals surface area (Å²) < 4.78 is 0. The highest BCUT2D eigenvalue weighted by Gasteiger charge is 2.06. The van der Waals surface area contributed by atoms with Crippen molar-refractivity contribution in [2.75, 3.05) is 11.1 Å². The highest BCUT2D eigenvalue weighted by Crippen LogP contribution is 2.20. The van der Waals surface area contributed by atoms with E-state index in [0.29, 0.717) is 17.2 Å². The van der Waals surface area contributed by atoms with Gasteiger partial charge >= 0.3 is 0 Å². The zero-order valence-corrected chi connectivity index (χ0v) is 10.3. The maximum absolute atomic E-state index is 11.0. The van der Waals surface area contributed by atoms with Crippen molar-refractivity contribution in [2.45, 2.75) is 13.8 Å². The minimum atomic E-state index is -0.160. The van der Waals surface area contributed by atoms with E-state index in [1.54, 1.807) is 13.1 Å². The summed E-state index contributed by atoms with van der Waals surface area (Å²) in [6, 6.07) is 7.40. The lowest BCUT2D eigenvalue weighted by Gasteiger charge is -2.07. The van der Waals surface area contributed by atoms with Crippen molar-refractivity contribution in [3.63, 3.8) is 0 Å². The van der Waals surface area contributed by atoms with Gasteiger partial charge in [-0.05, 0) is 19.1 Å². The third-order valence-electron chi connectivity index (χ3n) is 2.45. The minimum Gasteiger partial charge on any atom is -0.399 e. The van der Waals surface area contributed by atoms with E-state index in [4.69, 9.17) is 5.73 Å². The number of aromatic nitrogens is 2. The summed E-state index contributed by atoms with van der Waals surface area (Å²) >= 11 is 0. The average Bonchev–Trinajstić information content (AvgIpc) is 2.32. The molecule has 92 valence electrons. The first-order chi connectivity index (χ1) is 8.56. The molecule has 0 radical (unpaired) electrons. The van der Waals surface area contributed by atoms with Gasteiger partial charge in [-0.15, -0.1) is 0 Å². The number of carbonyl (C=O) groups excluding carboxylic acids is 1. The lowest BCUT2D eigenvalue weighted by molar-refractivity contribution is -0.114. The zero-order chi connectivity index (χ0) is 13.1. The molecule has 3 N–H and O–H groups in total. The smallest absolute Gasteiger partial charge is 0.222 e. The molecule has 0 atom stereocenters. The maximum atomic E-state index is 11.0. The van der Waals surface area contributed by atoms with Crippen LogP contribution in [0, 0.1) is 6.92 Å². The number of nitrogens with two attached hydrogens (primary N) is 1. The molecule has 5 heteroatoms. The van der Waals surface area contributed by atoms with Gasteiger partial charge in [0, 0.05) is 18.2 Å². The molecule has 0 aliphatic heterocycles. The molecule has 0 saturated carbocycles. The summed E-state index contributed by atoms with van der Waals surface area (Å²) in [5, 5.41) is 2.63. The molecule has 2 rings (SSSR count). The quantitative estimate of drug-likeness (QED) is 0.789. The van der Waals surface area contributed by atoms with Crippen molar-refractivity contribution in [3.8, 4) is 11.3 Å². The second kappa shape index (κ2) is 4.83. The van der Waals surface area contributed by atoms with Crippen LogP contribution in [0.15, 0.2) is 30.5 Å². The lowest BCUT2D eigenvalue weighted by Crippen LogP contribution is -2.10. The van der Waals surface area contributed by atoms with Gasteiger partial charge in [-0.1, -0.05) is 12.1 Å². The number of hydrogen-bond donors (Lipinski definition) is 2. The van der Waals surface area contributed by atoms with Gasteiger partial charge in [0.15, 0.2) is 5.82 Å². The van der Waals surface area contributed by atoms with Crippen molar-refractivity contribution in [2.24, 2.45) is 0 Å². The molecule has 1 amide bonds. The average molecular weight is 242 g/mol. The number of nitrogen functional groups attached to an aromatic ring is 1. The predicted octanol–water partition coefficient (Wildman–Crippen LogP) is 1.99. The SMILES string of the molecule is CC(=O)Nc1ncc(-c2ccc(N)cc2)nc1C. The highest BCUT2D eigenvalue weighted by molar-refractivity contribution is 5.88. The van der Waals surface area contributed by atoms with Crippen LogP contribution in [-0.2, 0) is 4.79 Å². The first-order valence-corrected chi connectivity index (χ1v) is 5.53. The van der Waals surface area contributed by atoms with Crippen molar-refractivity contribution in [3.05, 3.63) is 36.2 Å². The van der Waals surface area contributed by atoms with Crippen LogP contribution in [0.1, 0.15) is 12.6 Å². The topological polar surface area (TPSA) is 80.9 Å². The van der Waals surface area contributed by atoms with Gasteiger partial charge in [0.2, 0.25) is 5.91 Å². The van der Waals surface area contributed by atoms with Crippen LogP contribution in [0.4, 0.5) is 11.5 Å². The second-order valence-electron chi connectivity index (χ2n) is 3.99. The number of aryl methyl sites for hydroxylation is 1. The van der Waals surface area contributed by atoms with E-state index in [1.165, 1.54) is 6.92 Å². The fraction of sp³-hybridized carbons (Fsp3) is 0.154. The summed E-state index contributed by atoms with van der Waals surface area (Å²) in [6.07, 6.45) is 1.63. The largest absolute Gasteiger partial charge is 0.399 e. The van der Waals surface area contributed by atoms with Crippen molar-refractivity contribution < 1.29 is 4.79 Å². The Balaban J connectivity index is 2.33. The Labute approximate surface area is 105 Å². The maximum Gasteiger partial charge on any atom is 0.222 e. The molecule has 0 bridgehead atoms. The van der Waals surface area contributed by atoms with Gasteiger partial charge in [-0.2, -0.15) is 0 Å². The molecule has 2 aromatic rings. The van der Waals surface area contributed by atoms with E-state index in [0.717, 1.165) is 11.3 Å². The molecule has 18 heavy (non-hydrogen) atoms. The van der Waals surface area contributed by atoms with Gasteiger partial charge in [-0.3, -0.25) is 4.79 Å². The Kier molecular flexibility index (Phi) is 3.23. The molecule has 0 fully saturated rings. The summed E-state index contributed by atoms with van der Waals surface area (Å²) in [7, 11) is 0.